The van der Waals surface area contributed by atoms with E-state index in [1.54, 1.807) is 6.92 Å². The number of hydrogen-bond acceptors (Lipinski definition) is 4. The lowest BCUT2D eigenvalue weighted by Gasteiger charge is -2.18. The molecule has 2 amide bonds. The quantitative estimate of drug-likeness (QED) is 0.421. The van der Waals surface area contributed by atoms with E-state index in [0.29, 0.717) is 19.4 Å². The van der Waals surface area contributed by atoms with E-state index >= 15 is 0 Å². The van der Waals surface area contributed by atoms with Gasteiger partial charge in [-0.3, -0.25) is 9.59 Å². The minimum atomic E-state index is -0.800. The molecule has 0 heterocycles. The molecule has 1 aliphatic rings. The average Bonchev–Trinajstić information content (AvgIpc) is 3.14. The molecule has 0 spiro atoms. The van der Waals surface area contributed by atoms with Crippen LogP contribution >= 0.6 is 0 Å². The number of nitrogens with one attached hydrogen (secondary N) is 2. The predicted octanol–water partition coefficient (Wildman–Crippen LogP) is 4.70. The second-order valence-corrected chi connectivity index (χ2v) is 8.86. The van der Waals surface area contributed by atoms with E-state index < -0.39 is 18.1 Å². The first-order chi connectivity index (χ1) is 16.4. The number of carbonyl (C=O) groups is 3. The molecule has 0 aromatic heterocycles. The molecule has 0 aliphatic heterocycles. The molecule has 0 saturated heterocycles. The Hall–Kier alpha value is -3.35. The maximum Gasteiger partial charge on any atom is 0.407 e. The molecule has 3 rings (SSSR count). The summed E-state index contributed by atoms with van der Waals surface area (Å²) in [6.45, 7) is 4.31. The van der Waals surface area contributed by atoms with Gasteiger partial charge in [0.1, 0.15) is 12.6 Å². The van der Waals surface area contributed by atoms with Crippen LogP contribution in [0, 0.1) is 5.92 Å². The summed E-state index contributed by atoms with van der Waals surface area (Å²) < 4.78 is 5.50. The molecule has 1 unspecified atom stereocenters. The third-order valence-electron chi connectivity index (χ3n) is 6.39. The second-order valence-electron chi connectivity index (χ2n) is 8.86. The molecular weight excluding hydrogens is 432 g/mol. The van der Waals surface area contributed by atoms with Gasteiger partial charge in [0.25, 0.3) is 0 Å². The molecule has 2 atom stereocenters. The highest BCUT2D eigenvalue weighted by Gasteiger charge is 2.29. The van der Waals surface area contributed by atoms with Crippen LogP contribution in [-0.4, -0.2) is 42.3 Å². The molecule has 0 bridgehead atoms. The maximum atomic E-state index is 12.4. The van der Waals surface area contributed by atoms with E-state index in [1.165, 1.54) is 0 Å². The molecule has 2 aromatic rings. The normalized spacial score (nSPS) is 13.9. The van der Waals surface area contributed by atoms with Crippen molar-refractivity contribution in [3.05, 3.63) is 59.7 Å². The molecule has 0 saturated carbocycles. The number of rotatable bonds is 12. The van der Waals surface area contributed by atoms with Gasteiger partial charge < -0.3 is 20.5 Å². The van der Waals surface area contributed by atoms with Gasteiger partial charge in [-0.15, -0.1) is 0 Å². The summed E-state index contributed by atoms with van der Waals surface area (Å²) in [5.74, 6) is -0.872. The molecule has 34 heavy (non-hydrogen) atoms. The fourth-order valence-corrected chi connectivity index (χ4v) is 4.60. The first-order valence-corrected chi connectivity index (χ1v) is 12.0. The summed E-state index contributed by atoms with van der Waals surface area (Å²) in [5, 5.41) is 14.3. The number of carboxylic acids is 1. The number of aliphatic carboxylic acids is 1. The highest BCUT2D eigenvalue weighted by atomic mass is 16.5. The number of hydrogen-bond donors (Lipinski definition) is 3. The number of alkyl carbamates (subject to hydrolysis) is 1. The van der Waals surface area contributed by atoms with Gasteiger partial charge in [-0.2, -0.15) is 0 Å². The molecule has 2 aromatic carbocycles. The lowest BCUT2D eigenvalue weighted by molar-refractivity contribution is -0.137. The summed E-state index contributed by atoms with van der Waals surface area (Å²) in [6.07, 6.45) is 2.72. The zero-order valence-electron chi connectivity index (χ0n) is 19.9. The molecule has 0 radical (unpaired) electrons. The summed E-state index contributed by atoms with van der Waals surface area (Å²) in [4.78, 5) is 35.6. The number of fused-ring (bicyclic) bond motifs is 3. The van der Waals surface area contributed by atoms with E-state index in [4.69, 9.17) is 9.84 Å². The Labute approximate surface area is 200 Å². The Morgan fingerprint density at radius 2 is 1.59 bits per heavy atom. The van der Waals surface area contributed by atoms with E-state index in [1.807, 2.05) is 24.3 Å². The molecule has 182 valence electrons. The Morgan fingerprint density at radius 1 is 0.971 bits per heavy atom. The van der Waals surface area contributed by atoms with Crippen molar-refractivity contribution in [2.24, 2.45) is 5.92 Å². The van der Waals surface area contributed by atoms with Gasteiger partial charge in [0.2, 0.25) is 5.91 Å². The maximum absolute atomic E-state index is 12.4. The SMILES string of the molecule is CCCC(CCNC(=O)[C@@H](C)NC(=O)OCC1c2ccccc2-c2ccccc21)CCC(=O)O. The monoisotopic (exact) mass is 466 g/mol. The molecule has 1 aliphatic carbocycles. The molecule has 3 N–H and O–H groups in total. The summed E-state index contributed by atoms with van der Waals surface area (Å²) in [7, 11) is 0. The van der Waals surface area contributed by atoms with Crippen LogP contribution in [0.1, 0.15) is 63.0 Å². The van der Waals surface area contributed by atoms with Crippen molar-refractivity contribution >= 4 is 18.0 Å². The lowest BCUT2D eigenvalue weighted by Crippen LogP contribution is -2.45. The van der Waals surface area contributed by atoms with Crippen LogP contribution in [0.3, 0.4) is 0 Å². The van der Waals surface area contributed by atoms with Crippen molar-refractivity contribution in [3.8, 4) is 11.1 Å². The van der Waals surface area contributed by atoms with Crippen molar-refractivity contribution in [1.82, 2.24) is 10.6 Å². The number of amides is 2. The molecular formula is C27H34N2O5. The van der Waals surface area contributed by atoms with Gasteiger partial charge in [-0.05, 0) is 47.9 Å². The van der Waals surface area contributed by atoms with Crippen molar-refractivity contribution in [1.29, 1.82) is 0 Å². The number of benzene rings is 2. The van der Waals surface area contributed by atoms with Crippen molar-refractivity contribution in [2.45, 2.75) is 57.9 Å². The van der Waals surface area contributed by atoms with Crippen LogP contribution in [0.15, 0.2) is 48.5 Å². The highest BCUT2D eigenvalue weighted by Crippen LogP contribution is 2.44. The smallest absolute Gasteiger partial charge is 0.407 e. The molecule has 7 heteroatoms. The molecule has 7 nitrogen and oxygen atoms in total. The van der Waals surface area contributed by atoms with Crippen molar-refractivity contribution in [3.63, 3.8) is 0 Å². The topological polar surface area (TPSA) is 105 Å². The minimum absolute atomic E-state index is 0.0383. The summed E-state index contributed by atoms with van der Waals surface area (Å²) >= 11 is 0. The average molecular weight is 467 g/mol. The van der Waals surface area contributed by atoms with Gasteiger partial charge in [0.05, 0.1) is 0 Å². The van der Waals surface area contributed by atoms with Gasteiger partial charge in [0.15, 0.2) is 0 Å². The van der Waals surface area contributed by atoms with Crippen LogP contribution in [-0.2, 0) is 14.3 Å². The Kier molecular flexibility index (Phi) is 9.08. The standard InChI is InChI=1S/C27H34N2O5/c1-3-8-19(13-14-25(30)31)15-16-28-26(32)18(2)29-27(33)34-17-24-22-11-6-4-9-20(22)21-10-5-7-12-23(21)24/h4-7,9-12,18-19,24H,3,8,13-17H2,1-2H3,(H,28,32)(H,29,33)(H,30,31)/t18-,19?/m1/s1. The number of carbonyl (C=O) groups excluding carboxylic acids is 2. The van der Waals surface area contributed by atoms with Crippen molar-refractivity contribution in [2.75, 3.05) is 13.2 Å². The fourth-order valence-electron chi connectivity index (χ4n) is 4.60. The first-order valence-electron chi connectivity index (χ1n) is 12.0. The largest absolute Gasteiger partial charge is 0.481 e. The van der Waals surface area contributed by atoms with Crippen LogP contribution in [0.5, 0.6) is 0 Å². The number of ether oxygens (including phenoxy) is 1. The Balaban J connectivity index is 1.45. The van der Waals surface area contributed by atoms with Gasteiger partial charge in [-0.25, -0.2) is 4.79 Å². The van der Waals surface area contributed by atoms with E-state index in [-0.39, 0.29) is 30.8 Å². The van der Waals surface area contributed by atoms with Gasteiger partial charge >= 0.3 is 12.1 Å². The van der Waals surface area contributed by atoms with E-state index in [2.05, 4.69) is 41.8 Å². The van der Waals surface area contributed by atoms with Gasteiger partial charge in [0, 0.05) is 18.9 Å². The van der Waals surface area contributed by atoms with E-state index in [0.717, 1.165) is 35.1 Å². The second kappa shape index (κ2) is 12.2. The highest BCUT2D eigenvalue weighted by molar-refractivity contribution is 5.85. The summed E-state index contributed by atoms with van der Waals surface area (Å²) in [6, 6.07) is 15.5. The van der Waals surface area contributed by atoms with Crippen LogP contribution in [0.2, 0.25) is 0 Å². The van der Waals surface area contributed by atoms with E-state index in [9.17, 15) is 14.4 Å². The zero-order valence-corrected chi connectivity index (χ0v) is 19.9. The third kappa shape index (κ3) is 6.59. The Bertz CT molecular complexity index is 961. The van der Waals surface area contributed by atoms with Gasteiger partial charge in [-0.1, -0.05) is 68.3 Å². The third-order valence-corrected chi connectivity index (χ3v) is 6.39. The predicted molar refractivity (Wildman–Crippen MR) is 131 cm³/mol. The fraction of sp³-hybridized carbons (Fsp3) is 0.444. The van der Waals surface area contributed by atoms with Crippen LogP contribution < -0.4 is 10.6 Å². The first kappa shape index (κ1) is 25.3. The number of carboxylic acid groups (broad SMARTS) is 1. The summed E-state index contributed by atoms with van der Waals surface area (Å²) in [5.41, 5.74) is 4.58. The zero-order chi connectivity index (χ0) is 24.5. The van der Waals surface area contributed by atoms with Crippen LogP contribution in [0.4, 0.5) is 4.79 Å². The lowest BCUT2D eigenvalue weighted by atomic mass is 9.94. The molecule has 0 fully saturated rings. The Morgan fingerprint density at radius 3 is 2.18 bits per heavy atom. The minimum Gasteiger partial charge on any atom is -0.481 e. The van der Waals surface area contributed by atoms with Crippen LogP contribution in [0.25, 0.3) is 11.1 Å². The van der Waals surface area contributed by atoms with Crippen molar-refractivity contribution < 1.29 is 24.2 Å².